The molecule has 2 aromatic carbocycles. The minimum atomic E-state index is 0.0212. The fraction of sp³-hybridized carbons (Fsp3) is 0.333. The highest BCUT2D eigenvalue weighted by atomic mass is 79.9. The van der Waals surface area contributed by atoms with Gasteiger partial charge in [0.25, 0.3) is 0 Å². The van der Waals surface area contributed by atoms with Gasteiger partial charge in [0.15, 0.2) is 0 Å². The predicted octanol–water partition coefficient (Wildman–Crippen LogP) is 4.90. The van der Waals surface area contributed by atoms with E-state index in [0.29, 0.717) is 0 Å². The Balaban J connectivity index is 2.01. The van der Waals surface area contributed by atoms with Gasteiger partial charge in [0.1, 0.15) is 11.9 Å². The molecule has 0 amide bonds. The van der Waals surface area contributed by atoms with Crippen LogP contribution in [0.15, 0.2) is 34.8 Å². The SMILES string of the molecule is Cc1cc(C)c(C2CC(N)c3ccc(Br)cc3O2)cc1C. The zero-order valence-electron chi connectivity index (χ0n) is 12.6. The highest BCUT2D eigenvalue weighted by Crippen LogP contribution is 2.41. The van der Waals surface area contributed by atoms with E-state index in [9.17, 15) is 0 Å². The third kappa shape index (κ3) is 2.72. The Morgan fingerprint density at radius 2 is 1.71 bits per heavy atom. The molecule has 110 valence electrons. The molecular formula is C18H20BrNO. The van der Waals surface area contributed by atoms with Gasteiger partial charge in [0, 0.05) is 22.5 Å². The van der Waals surface area contributed by atoms with Crippen LogP contribution in [0.5, 0.6) is 5.75 Å². The molecule has 2 N–H and O–H groups in total. The van der Waals surface area contributed by atoms with Crippen LogP contribution in [0, 0.1) is 20.8 Å². The van der Waals surface area contributed by atoms with Crippen molar-refractivity contribution in [1.29, 1.82) is 0 Å². The molecule has 0 aliphatic carbocycles. The van der Waals surface area contributed by atoms with Crippen molar-refractivity contribution in [3.05, 3.63) is 62.6 Å². The number of hydrogen-bond donors (Lipinski definition) is 1. The predicted molar refractivity (Wildman–Crippen MR) is 89.7 cm³/mol. The van der Waals surface area contributed by atoms with Crippen LogP contribution in [-0.4, -0.2) is 0 Å². The molecule has 21 heavy (non-hydrogen) atoms. The van der Waals surface area contributed by atoms with Gasteiger partial charge in [-0.25, -0.2) is 0 Å². The summed E-state index contributed by atoms with van der Waals surface area (Å²) in [6.45, 7) is 6.44. The first-order chi connectivity index (χ1) is 9.95. The van der Waals surface area contributed by atoms with Crippen LogP contribution in [0.4, 0.5) is 0 Å². The van der Waals surface area contributed by atoms with E-state index >= 15 is 0 Å². The molecule has 0 bridgehead atoms. The Morgan fingerprint density at radius 3 is 2.48 bits per heavy atom. The number of halogens is 1. The van der Waals surface area contributed by atoms with E-state index in [1.807, 2.05) is 18.2 Å². The molecule has 2 aromatic rings. The van der Waals surface area contributed by atoms with Gasteiger partial charge in [0.05, 0.1) is 0 Å². The Labute approximate surface area is 134 Å². The lowest BCUT2D eigenvalue weighted by Gasteiger charge is -2.32. The molecular weight excluding hydrogens is 326 g/mol. The minimum absolute atomic E-state index is 0.0212. The standard InChI is InChI=1S/C18H20BrNO/c1-10-6-12(3)15(7-11(10)2)18-9-16(20)14-5-4-13(19)8-17(14)21-18/h4-8,16,18H,9,20H2,1-3H3. The summed E-state index contributed by atoms with van der Waals surface area (Å²) in [5.74, 6) is 0.894. The number of fused-ring (bicyclic) bond motifs is 1. The van der Waals surface area contributed by atoms with Crippen molar-refractivity contribution in [2.45, 2.75) is 39.3 Å². The molecule has 0 saturated carbocycles. The van der Waals surface area contributed by atoms with Gasteiger partial charge < -0.3 is 10.5 Å². The van der Waals surface area contributed by atoms with E-state index < -0.39 is 0 Å². The molecule has 1 aliphatic rings. The molecule has 3 heteroatoms. The molecule has 2 atom stereocenters. The van der Waals surface area contributed by atoms with Crippen LogP contribution >= 0.6 is 15.9 Å². The Kier molecular flexibility index (Phi) is 3.80. The van der Waals surface area contributed by atoms with E-state index in [1.54, 1.807) is 0 Å². The van der Waals surface area contributed by atoms with Crippen molar-refractivity contribution in [3.63, 3.8) is 0 Å². The number of hydrogen-bond acceptors (Lipinski definition) is 2. The highest BCUT2D eigenvalue weighted by molar-refractivity contribution is 9.10. The number of ether oxygens (including phenoxy) is 1. The van der Waals surface area contributed by atoms with Crippen molar-refractivity contribution in [3.8, 4) is 5.75 Å². The molecule has 2 unspecified atom stereocenters. The second-order valence-electron chi connectivity index (χ2n) is 5.92. The molecule has 0 spiro atoms. The first kappa shape index (κ1) is 14.6. The number of nitrogens with two attached hydrogens (primary N) is 1. The van der Waals surface area contributed by atoms with Crippen LogP contribution in [0.3, 0.4) is 0 Å². The fourth-order valence-corrected chi connectivity index (χ4v) is 3.34. The maximum Gasteiger partial charge on any atom is 0.126 e. The van der Waals surface area contributed by atoms with E-state index in [2.05, 4.69) is 48.8 Å². The topological polar surface area (TPSA) is 35.2 Å². The second-order valence-corrected chi connectivity index (χ2v) is 6.84. The fourth-order valence-electron chi connectivity index (χ4n) is 3.00. The van der Waals surface area contributed by atoms with Crippen molar-refractivity contribution >= 4 is 15.9 Å². The van der Waals surface area contributed by atoms with Crippen LogP contribution < -0.4 is 10.5 Å². The van der Waals surface area contributed by atoms with Crippen LogP contribution in [0.1, 0.15) is 46.4 Å². The molecule has 2 nitrogen and oxygen atoms in total. The van der Waals surface area contributed by atoms with E-state index in [0.717, 1.165) is 22.2 Å². The first-order valence-corrected chi connectivity index (χ1v) is 8.04. The van der Waals surface area contributed by atoms with Gasteiger partial charge in [-0.15, -0.1) is 0 Å². The lowest BCUT2D eigenvalue weighted by atomic mass is 9.90. The number of rotatable bonds is 1. The third-order valence-electron chi connectivity index (χ3n) is 4.34. The maximum absolute atomic E-state index is 6.35. The average Bonchev–Trinajstić information content (AvgIpc) is 2.42. The van der Waals surface area contributed by atoms with Crippen molar-refractivity contribution in [1.82, 2.24) is 0 Å². The Morgan fingerprint density at radius 1 is 1.00 bits per heavy atom. The van der Waals surface area contributed by atoms with Gasteiger partial charge >= 0.3 is 0 Å². The molecule has 1 heterocycles. The maximum atomic E-state index is 6.35. The number of aryl methyl sites for hydroxylation is 3. The summed E-state index contributed by atoms with van der Waals surface area (Å²) in [4.78, 5) is 0. The molecule has 3 rings (SSSR count). The van der Waals surface area contributed by atoms with Gasteiger partial charge in [-0.05, 0) is 55.2 Å². The van der Waals surface area contributed by atoms with Crippen molar-refractivity contribution < 1.29 is 4.74 Å². The average molecular weight is 346 g/mol. The monoisotopic (exact) mass is 345 g/mol. The second kappa shape index (κ2) is 5.47. The molecule has 0 aromatic heterocycles. The van der Waals surface area contributed by atoms with Crippen LogP contribution in [0.2, 0.25) is 0 Å². The summed E-state index contributed by atoms with van der Waals surface area (Å²) in [5.41, 5.74) is 12.6. The first-order valence-electron chi connectivity index (χ1n) is 7.25. The van der Waals surface area contributed by atoms with Crippen LogP contribution in [0.25, 0.3) is 0 Å². The van der Waals surface area contributed by atoms with E-state index in [1.165, 1.54) is 22.3 Å². The van der Waals surface area contributed by atoms with Gasteiger partial charge in [0.2, 0.25) is 0 Å². The van der Waals surface area contributed by atoms with E-state index in [4.69, 9.17) is 10.5 Å². The lowest BCUT2D eigenvalue weighted by Crippen LogP contribution is -2.24. The minimum Gasteiger partial charge on any atom is -0.485 e. The zero-order valence-corrected chi connectivity index (χ0v) is 14.2. The molecule has 1 aliphatic heterocycles. The molecule has 0 fully saturated rings. The summed E-state index contributed by atoms with van der Waals surface area (Å²) >= 11 is 3.50. The third-order valence-corrected chi connectivity index (χ3v) is 4.83. The number of benzene rings is 2. The lowest BCUT2D eigenvalue weighted by molar-refractivity contribution is 0.160. The largest absolute Gasteiger partial charge is 0.485 e. The van der Waals surface area contributed by atoms with Gasteiger partial charge in [-0.1, -0.05) is 34.1 Å². The molecule has 0 saturated heterocycles. The zero-order chi connectivity index (χ0) is 15.1. The summed E-state index contributed by atoms with van der Waals surface area (Å²) in [6, 6.07) is 10.6. The van der Waals surface area contributed by atoms with E-state index in [-0.39, 0.29) is 12.1 Å². The van der Waals surface area contributed by atoms with Gasteiger partial charge in [-0.2, -0.15) is 0 Å². The summed E-state index contributed by atoms with van der Waals surface area (Å²) < 4.78 is 7.25. The van der Waals surface area contributed by atoms with Gasteiger partial charge in [-0.3, -0.25) is 0 Å². The van der Waals surface area contributed by atoms with Crippen LogP contribution in [-0.2, 0) is 0 Å². The van der Waals surface area contributed by atoms with Crippen molar-refractivity contribution in [2.75, 3.05) is 0 Å². The normalized spacial score (nSPS) is 20.8. The van der Waals surface area contributed by atoms with Crippen molar-refractivity contribution in [2.24, 2.45) is 5.73 Å². The Hall–Kier alpha value is -1.32. The smallest absolute Gasteiger partial charge is 0.126 e. The Bertz CT molecular complexity index is 696. The quantitative estimate of drug-likeness (QED) is 0.797. The highest BCUT2D eigenvalue weighted by Gasteiger charge is 2.28. The summed E-state index contributed by atoms with van der Waals surface area (Å²) in [7, 11) is 0. The molecule has 0 radical (unpaired) electrons. The summed E-state index contributed by atoms with van der Waals surface area (Å²) in [5, 5.41) is 0. The summed E-state index contributed by atoms with van der Waals surface area (Å²) in [6.07, 6.45) is 0.846.